The van der Waals surface area contributed by atoms with Crippen molar-refractivity contribution >= 4 is 10.1 Å². The molecular formula is C14H12O5S. The molecule has 20 heavy (non-hydrogen) atoms. The Labute approximate surface area is 116 Å². The molecule has 0 N–H and O–H groups in total. The van der Waals surface area contributed by atoms with Crippen molar-refractivity contribution in [2.75, 3.05) is 14.2 Å². The minimum Gasteiger partial charge on any atom is -0.496 e. The van der Waals surface area contributed by atoms with Crippen LogP contribution in [-0.4, -0.2) is 22.6 Å². The molecule has 1 aliphatic rings. The fourth-order valence-corrected chi connectivity index (χ4v) is 3.37. The molecular weight excluding hydrogens is 280 g/mol. The van der Waals surface area contributed by atoms with E-state index >= 15 is 0 Å². The van der Waals surface area contributed by atoms with Crippen LogP contribution in [0.25, 0.3) is 11.1 Å². The molecule has 2 aromatic rings. The molecule has 2 aromatic carbocycles. The first-order valence-electron chi connectivity index (χ1n) is 5.87. The molecule has 0 aromatic heterocycles. The zero-order chi connectivity index (χ0) is 14.3. The number of benzene rings is 2. The first-order valence-corrected chi connectivity index (χ1v) is 7.27. The molecule has 0 unspecified atom stereocenters. The summed E-state index contributed by atoms with van der Waals surface area (Å²) in [7, 11) is -0.809. The second-order valence-electron chi connectivity index (χ2n) is 4.24. The van der Waals surface area contributed by atoms with Crippen LogP contribution in [0.4, 0.5) is 0 Å². The molecule has 5 nitrogen and oxygen atoms in total. The lowest BCUT2D eigenvalue weighted by molar-refractivity contribution is 0.390. The minimum atomic E-state index is -3.82. The minimum absolute atomic E-state index is 0.135. The van der Waals surface area contributed by atoms with Crippen LogP contribution >= 0.6 is 0 Å². The van der Waals surface area contributed by atoms with Gasteiger partial charge in [-0.3, -0.25) is 0 Å². The van der Waals surface area contributed by atoms with E-state index in [4.69, 9.17) is 13.7 Å². The van der Waals surface area contributed by atoms with E-state index < -0.39 is 10.1 Å². The highest BCUT2D eigenvalue weighted by atomic mass is 32.2. The third-order valence-corrected chi connectivity index (χ3v) is 4.41. The lowest BCUT2D eigenvalue weighted by Crippen LogP contribution is -2.16. The van der Waals surface area contributed by atoms with Gasteiger partial charge < -0.3 is 13.7 Å². The molecule has 0 amide bonds. The van der Waals surface area contributed by atoms with E-state index in [1.165, 1.54) is 26.4 Å². The number of ether oxygens (including phenoxy) is 2. The molecule has 104 valence electrons. The smallest absolute Gasteiger partial charge is 0.339 e. The summed E-state index contributed by atoms with van der Waals surface area (Å²) in [6.07, 6.45) is 0. The van der Waals surface area contributed by atoms with Gasteiger partial charge in [-0.25, -0.2) is 0 Å². The van der Waals surface area contributed by atoms with Crippen LogP contribution in [0.15, 0.2) is 41.3 Å². The first-order chi connectivity index (χ1) is 9.56. The Morgan fingerprint density at radius 2 is 1.80 bits per heavy atom. The van der Waals surface area contributed by atoms with Gasteiger partial charge in [0, 0.05) is 17.7 Å². The van der Waals surface area contributed by atoms with Crippen molar-refractivity contribution in [3.05, 3.63) is 36.4 Å². The van der Waals surface area contributed by atoms with Crippen molar-refractivity contribution in [2.24, 2.45) is 0 Å². The SMILES string of the molecule is COc1cc(OC)c2c(c1)OS(=O)(=O)c1ccccc1-2. The van der Waals surface area contributed by atoms with Crippen LogP contribution in [0.5, 0.6) is 17.2 Å². The summed E-state index contributed by atoms with van der Waals surface area (Å²) in [5.74, 6) is 1.18. The number of rotatable bonds is 2. The molecule has 0 bridgehead atoms. The molecule has 0 radical (unpaired) electrons. The van der Waals surface area contributed by atoms with Gasteiger partial charge in [0.2, 0.25) is 0 Å². The molecule has 0 aliphatic carbocycles. The van der Waals surface area contributed by atoms with Gasteiger partial charge in [-0.15, -0.1) is 0 Å². The standard InChI is InChI=1S/C14H12O5S/c1-17-9-7-11(18-2)14-10-5-3-4-6-13(10)20(15,16)19-12(14)8-9/h3-8H,1-2H3. The van der Waals surface area contributed by atoms with Crippen LogP contribution in [0.1, 0.15) is 0 Å². The van der Waals surface area contributed by atoms with Gasteiger partial charge in [-0.1, -0.05) is 18.2 Å². The lowest BCUT2D eigenvalue weighted by Gasteiger charge is -2.22. The Balaban J connectivity index is 2.38. The number of fused-ring (bicyclic) bond motifs is 3. The second kappa shape index (κ2) is 4.42. The Hall–Kier alpha value is -2.21. The van der Waals surface area contributed by atoms with Crippen molar-refractivity contribution in [1.29, 1.82) is 0 Å². The highest BCUT2D eigenvalue weighted by Gasteiger charge is 2.32. The predicted octanol–water partition coefficient (Wildman–Crippen LogP) is 2.45. The zero-order valence-electron chi connectivity index (χ0n) is 10.9. The van der Waals surface area contributed by atoms with Crippen LogP contribution in [0.3, 0.4) is 0 Å². The first kappa shape index (κ1) is 12.8. The Kier molecular flexibility index (Phi) is 2.83. The van der Waals surface area contributed by atoms with Gasteiger partial charge in [0.25, 0.3) is 0 Å². The Morgan fingerprint density at radius 1 is 1.05 bits per heavy atom. The molecule has 0 saturated heterocycles. The van der Waals surface area contributed by atoms with E-state index in [2.05, 4.69) is 0 Å². The third kappa shape index (κ3) is 1.80. The Bertz CT molecular complexity index is 780. The van der Waals surface area contributed by atoms with Gasteiger partial charge in [0.15, 0.2) is 5.75 Å². The van der Waals surface area contributed by atoms with E-state index in [0.717, 1.165) is 0 Å². The fourth-order valence-electron chi connectivity index (χ4n) is 2.23. The molecule has 0 atom stereocenters. The molecule has 3 rings (SSSR count). The van der Waals surface area contributed by atoms with Crippen molar-refractivity contribution in [3.63, 3.8) is 0 Å². The predicted molar refractivity (Wildman–Crippen MR) is 72.8 cm³/mol. The van der Waals surface area contributed by atoms with E-state index in [0.29, 0.717) is 22.6 Å². The van der Waals surface area contributed by atoms with Crippen LogP contribution in [0.2, 0.25) is 0 Å². The van der Waals surface area contributed by atoms with E-state index in [1.54, 1.807) is 24.3 Å². The summed E-state index contributed by atoms with van der Waals surface area (Å²) in [5.41, 5.74) is 1.17. The quantitative estimate of drug-likeness (QED) is 0.796. The van der Waals surface area contributed by atoms with Gasteiger partial charge in [-0.05, 0) is 6.07 Å². The summed E-state index contributed by atoms with van der Waals surface area (Å²) < 4.78 is 39.9. The maximum Gasteiger partial charge on any atom is 0.339 e. The van der Waals surface area contributed by atoms with E-state index in [9.17, 15) is 8.42 Å². The van der Waals surface area contributed by atoms with Crippen molar-refractivity contribution in [3.8, 4) is 28.4 Å². The van der Waals surface area contributed by atoms with E-state index in [1.807, 2.05) is 0 Å². The van der Waals surface area contributed by atoms with Crippen molar-refractivity contribution in [2.45, 2.75) is 4.90 Å². The van der Waals surface area contributed by atoms with Gasteiger partial charge in [0.1, 0.15) is 16.4 Å². The topological polar surface area (TPSA) is 61.8 Å². The summed E-state index contributed by atoms with van der Waals surface area (Å²) in [6, 6.07) is 9.89. The molecule has 0 spiro atoms. The van der Waals surface area contributed by atoms with Crippen molar-refractivity contribution in [1.82, 2.24) is 0 Å². The van der Waals surface area contributed by atoms with Gasteiger partial charge in [0.05, 0.1) is 19.8 Å². The molecule has 0 saturated carbocycles. The maximum absolute atomic E-state index is 12.1. The molecule has 6 heteroatoms. The number of methoxy groups -OCH3 is 2. The summed E-state index contributed by atoms with van der Waals surface area (Å²) in [5, 5.41) is 0. The van der Waals surface area contributed by atoms with Crippen LogP contribution in [-0.2, 0) is 10.1 Å². The average molecular weight is 292 g/mol. The molecule has 1 heterocycles. The van der Waals surface area contributed by atoms with E-state index in [-0.39, 0.29) is 10.6 Å². The largest absolute Gasteiger partial charge is 0.496 e. The third-order valence-electron chi connectivity index (χ3n) is 3.12. The maximum atomic E-state index is 12.1. The highest BCUT2D eigenvalue weighted by molar-refractivity contribution is 7.87. The Morgan fingerprint density at radius 3 is 2.50 bits per heavy atom. The monoisotopic (exact) mass is 292 g/mol. The normalized spacial score (nSPS) is 14.7. The average Bonchev–Trinajstić information content (AvgIpc) is 2.45. The van der Waals surface area contributed by atoms with Gasteiger partial charge >= 0.3 is 10.1 Å². The molecule has 1 aliphatic heterocycles. The number of hydrogen-bond donors (Lipinski definition) is 0. The van der Waals surface area contributed by atoms with Crippen molar-refractivity contribution < 1.29 is 22.1 Å². The zero-order valence-corrected chi connectivity index (χ0v) is 11.7. The van der Waals surface area contributed by atoms with Crippen LogP contribution in [0, 0.1) is 0 Å². The summed E-state index contributed by atoms with van der Waals surface area (Å²) in [6.45, 7) is 0. The lowest BCUT2D eigenvalue weighted by atomic mass is 10.0. The van der Waals surface area contributed by atoms with Crippen LogP contribution < -0.4 is 13.7 Å². The number of hydrogen-bond acceptors (Lipinski definition) is 5. The summed E-state index contributed by atoms with van der Waals surface area (Å²) >= 11 is 0. The molecule has 0 fully saturated rings. The fraction of sp³-hybridized carbons (Fsp3) is 0.143. The van der Waals surface area contributed by atoms with Gasteiger partial charge in [-0.2, -0.15) is 8.42 Å². The second-order valence-corrected chi connectivity index (χ2v) is 5.75. The summed E-state index contributed by atoms with van der Waals surface area (Å²) in [4.78, 5) is 0.135. The highest BCUT2D eigenvalue weighted by Crippen LogP contribution is 2.48.